The van der Waals surface area contributed by atoms with E-state index < -0.39 is 0 Å². The number of benzene rings is 1. The average molecular weight is 240 g/mol. The molecule has 0 saturated carbocycles. The number of aromatic amines is 1. The van der Waals surface area contributed by atoms with Crippen LogP contribution in [0.1, 0.15) is 10.4 Å². The number of carbonyl (C=O) groups is 1. The van der Waals surface area contributed by atoms with Gasteiger partial charge in [-0.05, 0) is 12.1 Å². The van der Waals surface area contributed by atoms with Crippen molar-refractivity contribution >= 4 is 22.8 Å². The molecule has 3 aromatic rings. The molecule has 90 valence electrons. The molecule has 18 heavy (non-hydrogen) atoms. The number of nitrogens with zero attached hydrogens (tertiary/aromatic N) is 2. The van der Waals surface area contributed by atoms with E-state index in [2.05, 4.69) is 15.3 Å². The van der Waals surface area contributed by atoms with Crippen LogP contribution in [0.5, 0.6) is 0 Å². The van der Waals surface area contributed by atoms with E-state index in [9.17, 15) is 4.79 Å². The van der Waals surface area contributed by atoms with Crippen molar-refractivity contribution in [3.63, 3.8) is 0 Å². The zero-order valence-corrected chi connectivity index (χ0v) is 9.84. The lowest BCUT2D eigenvalue weighted by atomic mass is 10.1. The molecule has 5 nitrogen and oxygen atoms in total. The van der Waals surface area contributed by atoms with Crippen LogP contribution < -0.4 is 5.32 Å². The zero-order valence-electron chi connectivity index (χ0n) is 9.84. The van der Waals surface area contributed by atoms with Crippen molar-refractivity contribution in [3.8, 4) is 0 Å². The summed E-state index contributed by atoms with van der Waals surface area (Å²) in [5.74, 6) is 0.281. The Kier molecular flexibility index (Phi) is 2.37. The number of amides is 1. The molecule has 0 atom stereocenters. The van der Waals surface area contributed by atoms with Crippen LogP contribution in [0.25, 0.3) is 10.9 Å². The van der Waals surface area contributed by atoms with Crippen molar-refractivity contribution in [2.24, 2.45) is 7.05 Å². The molecule has 1 amide bonds. The summed E-state index contributed by atoms with van der Waals surface area (Å²) in [6, 6.07) is 7.65. The molecule has 0 aliphatic heterocycles. The Hall–Kier alpha value is -2.56. The van der Waals surface area contributed by atoms with E-state index in [-0.39, 0.29) is 5.91 Å². The number of aryl methyl sites for hydroxylation is 1. The minimum absolute atomic E-state index is 0.169. The van der Waals surface area contributed by atoms with Gasteiger partial charge in [-0.25, -0.2) is 4.98 Å². The number of hydrogen-bond donors (Lipinski definition) is 2. The lowest BCUT2D eigenvalue weighted by Crippen LogP contribution is -2.14. The smallest absolute Gasteiger partial charge is 0.260 e. The molecule has 2 heterocycles. The number of hydrogen-bond acceptors (Lipinski definition) is 2. The number of rotatable bonds is 2. The van der Waals surface area contributed by atoms with Crippen LogP contribution in [-0.2, 0) is 7.05 Å². The van der Waals surface area contributed by atoms with E-state index >= 15 is 0 Å². The van der Waals surface area contributed by atoms with Gasteiger partial charge in [-0.1, -0.05) is 12.1 Å². The van der Waals surface area contributed by atoms with Gasteiger partial charge in [0.15, 0.2) is 0 Å². The largest absolute Gasteiger partial charge is 0.350 e. The molecule has 1 aromatic carbocycles. The highest BCUT2D eigenvalue weighted by molar-refractivity contribution is 6.11. The van der Waals surface area contributed by atoms with Crippen LogP contribution in [0.2, 0.25) is 0 Å². The average Bonchev–Trinajstić information content (AvgIpc) is 2.99. The molecule has 0 spiro atoms. The summed E-state index contributed by atoms with van der Waals surface area (Å²) < 4.78 is 1.94. The Labute approximate surface area is 103 Å². The highest BCUT2D eigenvalue weighted by Gasteiger charge is 2.12. The minimum atomic E-state index is -0.169. The van der Waals surface area contributed by atoms with E-state index in [1.165, 1.54) is 0 Å². The van der Waals surface area contributed by atoms with Crippen molar-refractivity contribution in [1.29, 1.82) is 0 Å². The number of nitrogens with one attached hydrogen (secondary N) is 2. The molecule has 0 saturated heterocycles. The minimum Gasteiger partial charge on any atom is -0.350 e. The second-order valence-electron chi connectivity index (χ2n) is 4.06. The van der Waals surface area contributed by atoms with Gasteiger partial charge in [0.2, 0.25) is 5.95 Å². The molecule has 0 bridgehead atoms. The predicted molar refractivity (Wildman–Crippen MR) is 69.5 cm³/mol. The van der Waals surface area contributed by atoms with Crippen molar-refractivity contribution in [2.75, 3.05) is 5.32 Å². The van der Waals surface area contributed by atoms with Crippen molar-refractivity contribution in [2.45, 2.75) is 0 Å². The van der Waals surface area contributed by atoms with Gasteiger partial charge in [0.1, 0.15) is 0 Å². The summed E-state index contributed by atoms with van der Waals surface area (Å²) in [7, 11) is 1.92. The van der Waals surface area contributed by atoms with Crippen molar-refractivity contribution in [3.05, 3.63) is 48.4 Å². The molecule has 3 rings (SSSR count). The summed E-state index contributed by atoms with van der Waals surface area (Å²) in [5, 5.41) is 3.77. The fourth-order valence-electron chi connectivity index (χ4n) is 2.05. The van der Waals surface area contributed by atoms with Gasteiger partial charge in [-0.15, -0.1) is 0 Å². The first-order chi connectivity index (χ1) is 8.75. The van der Waals surface area contributed by atoms with E-state index in [0.29, 0.717) is 11.5 Å². The lowest BCUT2D eigenvalue weighted by molar-refractivity contribution is 0.102. The summed E-state index contributed by atoms with van der Waals surface area (Å²) in [6.45, 7) is 0. The summed E-state index contributed by atoms with van der Waals surface area (Å²) in [6.07, 6.45) is 5.20. The maximum atomic E-state index is 12.2. The van der Waals surface area contributed by atoms with Crippen LogP contribution in [0, 0.1) is 0 Å². The topological polar surface area (TPSA) is 62.7 Å². The number of fused-ring (bicyclic) bond motifs is 1. The molecule has 0 unspecified atom stereocenters. The normalized spacial score (nSPS) is 10.7. The molecule has 2 aromatic heterocycles. The van der Waals surface area contributed by atoms with Gasteiger partial charge in [0, 0.05) is 31.0 Å². The highest BCUT2D eigenvalue weighted by atomic mass is 16.1. The van der Waals surface area contributed by atoms with Gasteiger partial charge < -0.3 is 9.55 Å². The Bertz CT molecular complexity index is 697. The highest BCUT2D eigenvalue weighted by Crippen LogP contribution is 2.20. The Morgan fingerprint density at radius 3 is 3.06 bits per heavy atom. The summed E-state index contributed by atoms with van der Waals surface area (Å²) in [5.41, 5.74) is 1.55. The predicted octanol–water partition coefficient (Wildman–Crippen LogP) is 2.15. The van der Waals surface area contributed by atoms with Gasteiger partial charge in [0.05, 0.1) is 11.1 Å². The van der Waals surface area contributed by atoms with Crippen molar-refractivity contribution < 1.29 is 4.79 Å². The van der Waals surface area contributed by atoms with Gasteiger partial charge in [0.25, 0.3) is 5.91 Å². The van der Waals surface area contributed by atoms with Gasteiger partial charge >= 0.3 is 0 Å². The lowest BCUT2D eigenvalue weighted by Gasteiger charge is -2.05. The monoisotopic (exact) mass is 240 g/mol. The number of carbonyl (C=O) groups excluding carboxylic acids is 1. The van der Waals surface area contributed by atoms with Crippen molar-refractivity contribution in [1.82, 2.24) is 14.5 Å². The van der Waals surface area contributed by atoms with Crippen LogP contribution in [0.15, 0.2) is 42.9 Å². The fraction of sp³-hybridized carbons (Fsp3) is 0.0769. The SMILES string of the molecule is Cn1ccc2cccc(C(=O)Nc3ncc[nH]3)c21. The van der Waals surface area contributed by atoms with E-state index in [4.69, 9.17) is 0 Å². The van der Waals surface area contributed by atoms with Crippen LogP contribution in [-0.4, -0.2) is 20.4 Å². The first-order valence-corrected chi connectivity index (χ1v) is 5.60. The van der Waals surface area contributed by atoms with E-state index in [1.807, 2.05) is 36.0 Å². The summed E-state index contributed by atoms with van der Waals surface area (Å²) >= 11 is 0. The Morgan fingerprint density at radius 2 is 2.28 bits per heavy atom. The molecule has 2 N–H and O–H groups in total. The Balaban J connectivity index is 2.03. The fourth-order valence-corrected chi connectivity index (χ4v) is 2.05. The molecule has 0 fully saturated rings. The third-order valence-electron chi connectivity index (χ3n) is 2.87. The Morgan fingerprint density at radius 1 is 1.39 bits per heavy atom. The molecular formula is C13H12N4O. The quantitative estimate of drug-likeness (QED) is 0.721. The number of anilines is 1. The standard InChI is InChI=1S/C13H12N4O/c1-17-8-5-9-3-2-4-10(11(9)17)12(18)16-13-14-6-7-15-13/h2-8H,1H3,(H2,14,15,16,18). The van der Waals surface area contributed by atoms with Crippen LogP contribution in [0.3, 0.4) is 0 Å². The molecular weight excluding hydrogens is 228 g/mol. The number of aromatic nitrogens is 3. The van der Waals surface area contributed by atoms with Gasteiger partial charge in [-0.3, -0.25) is 10.1 Å². The third-order valence-corrected chi connectivity index (χ3v) is 2.87. The third kappa shape index (κ3) is 1.66. The number of imidazole rings is 1. The van der Waals surface area contributed by atoms with E-state index in [0.717, 1.165) is 10.9 Å². The summed E-state index contributed by atoms with van der Waals surface area (Å²) in [4.78, 5) is 19.0. The molecule has 0 radical (unpaired) electrons. The maximum Gasteiger partial charge on any atom is 0.260 e. The van der Waals surface area contributed by atoms with Crippen LogP contribution >= 0.6 is 0 Å². The molecule has 0 aliphatic carbocycles. The number of para-hydroxylation sites is 1. The zero-order chi connectivity index (χ0) is 12.5. The number of H-pyrrole nitrogens is 1. The maximum absolute atomic E-state index is 12.2. The first-order valence-electron chi connectivity index (χ1n) is 5.60. The first kappa shape index (κ1) is 10.6. The second kappa shape index (κ2) is 4.03. The molecule has 5 heteroatoms. The van der Waals surface area contributed by atoms with Gasteiger partial charge in [-0.2, -0.15) is 0 Å². The molecule has 0 aliphatic rings. The second-order valence-corrected chi connectivity index (χ2v) is 4.06. The van der Waals surface area contributed by atoms with E-state index in [1.54, 1.807) is 18.5 Å². The van der Waals surface area contributed by atoms with Crippen LogP contribution in [0.4, 0.5) is 5.95 Å².